The van der Waals surface area contributed by atoms with Crippen molar-refractivity contribution in [2.24, 2.45) is 0 Å². The molecule has 1 N–H and O–H groups in total. The topological polar surface area (TPSA) is 42.2 Å². The average molecular weight is 263 g/mol. The van der Waals surface area contributed by atoms with Gasteiger partial charge in [0.25, 0.3) is 5.56 Å². The molecule has 3 nitrogen and oxygen atoms in total. The largest absolute Gasteiger partial charge is 0.386 e. The fourth-order valence-electron chi connectivity index (χ4n) is 3.44. The molecule has 1 aromatic heterocycles. The van der Waals surface area contributed by atoms with Crippen LogP contribution in [0.15, 0.2) is 10.9 Å². The molecule has 19 heavy (non-hydrogen) atoms. The predicted octanol–water partition coefficient (Wildman–Crippen LogP) is 3.20. The minimum atomic E-state index is -1.08. The zero-order chi connectivity index (χ0) is 14.2. The summed E-state index contributed by atoms with van der Waals surface area (Å²) in [5, 5.41) is 10.3. The maximum absolute atomic E-state index is 12.8. The van der Waals surface area contributed by atoms with Crippen LogP contribution in [0.2, 0.25) is 0 Å². The molecule has 1 aliphatic rings. The lowest BCUT2D eigenvalue weighted by Crippen LogP contribution is -2.36. The Bertz CT molecular complexity index is 517. The lowest BCUT2D eigenvalue weighted by atomic mass is 9.91. The van der Waals surface area contributed by atoms with E-state index in [1.807, 2.05) is 24.5 Å². The van der Waals surface area contributed by atoms with Crippen LogP contribution in [0.25, 0.3) is 0 Å². The van der Waals surface area contributed by atoms with Gasteiger partial charge in [0.2, 0.25) is 0 Å². The lowest BCUT2D eigenvalue weighted by Gasteiger charge is -2.29. The molecular weight excluding hydrogens is 238 g/mol. The molecule has 1 fully saturated rings. The van der Waals surface area contributed by atoms with E-state index in [2.05, 4.69) is 0 Å². The molecule has 106 valence electrons. The third kappa shape index (κ3) is 2.76. The first-order valence-corrected chi connectivity index (χ1v) is 7.28. The quantitative estimate of drug-likeness (QED) is 0.890. The van der Waals surface area contributed by atoms with Gasteiger partial charge in [-0.15, -0.1) is 0 Å². The van der Waals surface area contributed by atoms with Gasteiger partial charge in [0.15, 0.2) is 0 Å². The predicted molar refractivity (Wildman–Crippen MR) is 77.5 cm³/mol. The number of hydrogen-bond donors (Lipinski definition) is 1. The summed E-state index contributed by atoms with van der Waals surface area (Å²) < 4.78 is 1.92. The van der Waals surface area contributed by atoms with E-state index in [-0.39, 0.29) is 5.56 Å². The Balaban J connectivity index is 2.58. The van der Waals surface area contributed by atoms with Crippen LogP contribution < -0.4 is 5.56 Å². The van der Waals surface area contributed by atoms with Gasteiger partial charge in [0.1, 0.15) is 0 Å². The van der Waals surface area contributed by atoms with Gasteiger partial charge in [-0.2, -0.15) is 0 Å². The van der Waals surface area contributed by atoms with E-state index in [4.69, 9.17) is 0 Å². The second-order valence-corrected chi connectivity index (χ2v) is 6.37. The summed E-state index contributed by atoms with van der Waals surface area (Å²) in [6.07, 6.45) is 5.82. The number of nitrogens with zero attached hydrogens (tertiary/aromatic N) is 1. The van der Waals surface area contributed by atoms with Gasteiger partial charge in [-0.1, -0.05) is 19.3 Å². The van der Waals surface area contributed by atoms with Gasteiger partial charge in [-0.3, -0.25) is 4.79 Å². The third-order valence-electron chi connectivity index (χ3n) is 4.18. The van der Waals surface area contributed by atoms with Crippen molar-refractivity contribution in [2.75, 3.05) is 0 Å². The summed E-state index contributed by atoms with van der Waals surface area (Å²) in [4.78, 5) is 12.8. The zero-order valence-corrected chi connectivity index (χ0v) is 12.5. The molecule has 0 amide bonds. The maximum Gasteiger partial charge on any atom is 0.257 e. The molecule has 0 bridgehead atoms. The van der Waals surface area contributed by atoms with Crippen LogP contribution in [0.1, 0.15) is 68.8 Å². The van der Waals surface area contributed by atoms with Gasteiger partial charge >= 0.3 is 0 Å². The van der Waals surface area contributed by atoms with Crippen LogP contribution in [0.5, 0.6) is 0 Å². The van der Waals surface area contributed by atoms with Crippen LogP contribution in [0, 0.1) is 13.8 Å². The number of rotatable bonds is 2. The molecule has 2 rings (SSSR count). The van der Waals surface area contributed by atoms with Gasteiger partial charge < -0.3 is 9.67 Å². The normalized spacial score (nSPS) is 17.7. The maximum atomic E-state index is 12.8. The molecule has 3 heteroatoms. The first kappa shape index (κ1) is 14.3. The van der Waals surface area contributed by atoms with Crippen molar-refractivity contribution in [3.63, 3.8) is 0 Å². The highest BCUT2D eigenvalue weighted by Crippen LogP contribution is 2.29. The smallest absolute Gasteiger partial charge is 0.257 e. The van der Waals surface area contributed by atoms with Crippen molar-refractivity contribution in [3.05, 3.63) is 33.2 Å². The van der Waals surface area contributed by atoms with E-state index < -0.39 is 5.60 Å². The zero-order valence-electron chi connectivity index (χ0n) is 12.5. The Morgan fingerprint density at radius 3 is 2.32 bits per heavy atom. The van der Waals surface area contributed by atoms with Crippen molar-refractivity contribution < 1.29 is 5.11 Å². The molecule has 0 unspecified atom stereocenters. The molecule has 0 radical (unpaired) electrons. The minimum absolute atomic E-state index is 0.00287. The second-order valence-electron chi connectivity index (χ2n) is 6.37. The highest BCUT2D eigenvalue weighted by molar-refractivity contribution is 5.30. The Morgan fingerprint density at radius 1 is 1.21 bits per heavy atom. The summed E-state index contributed by atoms with van der Waals surface area (Å²) in [5.41, 5.74) is 1.37. The molecular formula is C16H25NO2. The molecule has 0 saturated heterocycles. The number of aliphatic hydroxyl groups is 1. The van der Waals surface area contributed by atoms with Crippen molar-refractivity contribution in [1.82, 2.24) is 4.57 Å². The lowest BCUT2D eigenvalue weighted by molar-refractivity contribution is 0.0753. The van der Waals surface area contributed by atoms with E-state index in [1.165, 1.54) is 19.3 Å². The molecule has 1 saturated carbocycles. The SMILES string of the molecule is Cc1cc(C)n(C2CCCCC2)c(=O)c1C(C)(C)O. The Labute approximate surface area is 115 Å². The summed E-state index contributed by atoms with van der Waals surface area (Å²) in [6, 6.07) is 2.34. The third-order valence-corrected chi connectivity index (χ3v) is 4.18. The van der Waals surface area contributed by atoms with Crippen LogP contribution >= 0.6 is 0 Å². The molecule has 0 aliphatic heterocycles. The van der Waals surface area contributed by atoms with Crippen LogP contribution in [-0.4, -0.2) is 9.67 Å². The van der Waals surface area contributed by atoms with Crippen molar-refractivity contribution in [1.29, 1.82) is 0 Å². The molecule has 0 aromatic carbocycles. The summed E-state index contributed by atoms with van der Waals surface area (Å²) >= 11 is 0. The van der Waals surface area contributed by atoms with Gasteiger partial charge in [-0.05, 0) is 52.2 Å². The molecule has 1 heterocycles. The van der Waals surface area contributed by atoms with E-state index in [1.54, 1.807) is 13.8 Å². The average Bonchev–Trinajstić information content (AvgIpc) is 2.27. The fraction of sp³-hybridized carbons (Fsp3) is 0.688. The number of pyridine rings is 1. The van der Waals surface area contributed by atoms with Crippen LogP contribution in [-0.2, 0) is 5.60 Å². The van der Waals surface area contributed by atoms with Crippen molar-refractivity contribution in [3.8, 4) is 0 Å². The number of aryl methyl sites for hydroxylation is 2. The van der Waals surface area contributed by atoms with Gasteiger partial charge in [0.05, 0.1) is 11.2 Å². The van der Waals surface area contributed by atoms with Crippen LogP contribution in [0.4, 0.5) is 0 Å². The van der Waals surface area contributed by atoms with Gasteiger partial charge in [0, 0.05) is 11.7 Å². The summed E-state index contributed by atoms with van der Waals surface area (Å²) in [6.45, 7) is 7.29. The standard InChI is InChI=1S/C16H25NO2/c1-11-10-12(2)17(13-8-6-5-7-9-13)15(18)14(11)16(3,4)19/h10,13,19H,5-9H2,1-4H3. The summed E-state index contributed by atoms with van der Waals surface area (Å²) in [7, 11) is 0. The van der Waals surface area contributed by atoms with Crippen molar-refractivity contribution >= 4 is 0 Å². The van der Waals surface area contributed by atoms with Gasteiger partial charge in [-0.25, -0.2) is 0 Å². The van der Waals surface area contributed by atoms with E-state index in [0.29, 0.717) is 11.6 Å². The first-order chi connectivity index (χ1) is 8.82. The van der Waals surface area contributed by atoms with E-state index in [0.717, 1.165) is 24.1 Å². The van der Waals surface area contributed by atoms with Crippen molar-refractivity contribution in [2.45, 2.75) is 71.4 Å². The van der Waals surface area contributed by atoms with Crippen LogP contribution in [0.3, 0.4) is 0 Å². The minimum Gasteiger partial charge on any atom is -0.386 e. The molecule has 0 atom stereocenters. The molecule has 0 spiro atoms. The summed E-state index contributed by atoms with van der Waals surface area (Å²) in [5.74, 6) is 0. The molecule has 1 aliphatic carbocycles. The Kier molecular flexibility index (Phi) is 3.86. The van der Waals surface area contributed by atoms with E-state index >= 15 is 0 Å². The highest BCUT2D eigenvalue weighted by Gasteiger charge is 2.27. The van der Waals surface area contributed by atoms with E-state index in [9.17, 15) is 9.90 Å². The monoisotopic (exact) mass is 263 g/mol. The number of hydrogen-bond acceptors (Lipinski definition) is 2. The first-order valence-electron chi connectivity index (χ1n) is 7.28. The Morgan fingerprint density at radius 2 is 1.79 bits per heavy atom. The highest BCUT2D eigenvalue weighted by atomic mass is 16.3. The Hall–Kier alpha value is -1.09. The fourth-order valence-corrected chi connectivity index (χ4v) is 3.44. The second kappa shape index (κ2) is 5.12. The molecule has 1 aromatic rings. The number of aromatic nitrogens is 1.